The Kier molecular flexibility index (Phi) is 9.38. The molecular weight excluding hydrogens is 648 g/mol. The molecule has 4 saturated heterocycles. The van der Waals surface area contributed by atoms with E-state index >= 15 is 0 Å². The molecule has 8 rings (SSSR count). The molecule has 0 aromatic heterocycles. The Hall–Kier alpha value is -0.740. The van der Waals surface area contributed by atoms with E-state index in [1.54, 1.807) is 6.92 Å². The molecule has 0 radical (unpaired) electrons. The monoisotopic (exact) mass is 708 g/mol. The zero-order valence-electron chi connectivity index (χ0n) is 30.2. The van der Waals surface area contributed by atoms with Gasteiger partial charge in [0.05, 0.1) is 37.6 Å². The summed E-state index contributed by atoms with van der Waals surface area (Å²) in [6.07, 6.45) is -3.26. The Balaban J connectivity index is 1.04. The van der Waals surface area contributed by atoms with E-state index < -0.39 is 78.7 Å². The van der Waals surface area contributed by atoms with Gasteiger partial charge in [0, 0.05) is 24.2 Å². The SMILES string of the molecule is CC1CC[C@@]2(OC1)O[C@H]1C[C@H]3[C@@H]4CC=C5C[C@@H](O)C[C@@H](O[C@@H]6OC[C@@H](O)[C@H](O)[C@H]6O[C@@H]6O[C@@H](C)[C@H](O)[C@@H](O)[C@H]6O)[C@]5(C)[C@H]4CC[C@]3(C)[C@H]1[C@@H]2C. The molecule has 0 amide bonds. The molecule has 21 atom stereocenters. The van der Waals surface area contributed by atoms with Gasteiger partial charge in [-0.25, -0.2) is 0 Å². The predicted octanol–water partition coefficient (Wildman–Crippen LogP) is 2.00. The van der Waals surface area contributed by atoms with Crippen LogP contribution in [0.4, 0.5) is 0 Å². The van der Waals surface area contributed by atoms with E-state index in [9.17, 15) is 30.6 Å². The number of rotatable bonds is 4. The standard InChI is InChI=1S/C38H60O12/c1-17-8-11-38(46-15-17)18(2)28-26(50-38)14-24-22-7-6-20-12-21(39)13-27(37(20,5)23(22)9-10-36(24,28)4)48-35-33(30(42)25(40)16-45-35)49-34-32(44)31(43)29(41)19(3)47-34/h6,17-19,21-35,39-44H,7-16H2,1-5H3/t17?,18-,19-,21+,22+,23-,24-,25+,26-,27+,28-,29-,30-,31+,32+,33+,34-,35-,36-,37-,38+/m0/s1. The number of aliphatic hydroxyl groups is 6. The van der Waals surface area contributed by atoms with Crippen molar-refractivity contribution in [2.45, 2.75) is 165 Å². The number of fused-ring (bicyclic) bond motifs is 7. The highest BCUT2D eigenvalue weighted by molar-refractivity contribution is 5.28. The zero-order chi connectivity index (χ0) is 35.5. The van der Waals surface area contributed by atoms with Gasteiger partial charge in [-0.3, -0.25) is 0 Å². The first-order valence-corrected chi connectivity index (χ1v) is 19.4. The Morgan fingerprint density at radius 1 is 0.820 bits per heavy atom. The highest BCUT2D eigenvalue weighted by Gasteiger charge is 2.69. The summed E-state index contributed by atoms with van der Waals surface area (Å²) < 4.78 is 38.0. The van der Waals surface area contributed by atoms with Gasteiger partial charge in [0.2, 0.25) is 0 Å². The summed E-state index contributed by atoms with van der Waals surface area (Å²) in [5.74, 6) is 2.08. The Bertz CT molecular complexity index is 1290. The molecule has 50 heavy (non-hydrogen) atoms. The lowest BCUT2D eigenvalue weighted by molar-refractivity contribution is -0.362. The lowest BCUT2D eigenvalue weighted by Gasteiger charge is -2.60. The minimum absolute atomic E-state index is 0.134. The summed E-state index contributed by atoms with van der Waals surface area (Å²) in [5, 5.41) is 64.1. The second-order valence-electron chi connectivity index (χ2n) is 17.9. The van der Waals surface area contributed by atoms with E-state index in [-0.39, 0.29) is 18.1 Å². The molecule has 6 N–H and O–H groups in total. The van der Waals surface area contributed by atoms with E-state index in [1.165, 1.54) is 5.57 Å². The molecule has 0 aromatic carbocycles. The maximum Gasteiger partial charge on any atom is 0.187 e. The van der Waals surface area contributed by atoms with Crippen molar-refractivity contribution in [1.29, 1.82) is 0 Å². The minimum atomic E-state index is -1.60. The molecule has 4 aliphatic heterocycles. The van der Waals surface area contributed by atoms with Crippen molar-refractivity contribution in [3.63, 3.8) is 0 Å². The van der Waals surface area contributed by atoms with Gasteiger partial charge in [-0.05, 0) is 80.5 Å². The number of ether oxygens (including phenoxy) is 6. The summed E-state index contributed by atoms with van der Waals surface area (Å²) in [4.78, 5) is 0. The number of aliphatic hydroxyl groups excluding tert-OH is 6. The normalized spacial score (nSPS) is 59.3. The van der Waals surface area contributed by atoms with Crippen LogP contribution in [0.5, 0.6) is 0 Å². The summed E-state index contributed by atoms with van der Waals surface area (Å²) in [6, 6.07) is 0. The Morgan fingerprint density at radius 2 is 1.60 bits per heavy atom. The predicted molar refractivity (Wildman–Crippen MR) is 177 cm³/mol. The van der Waals surface area contributed by atoms with Crippen molar-refractivity contribution >= 4 is 0 Å². The van der Waals surface area contributed by atoms with Crippen molar-refractivity contribution < 1.29 is 59.1 Å². The minimum Gasteiger partial charge on any atom is -0.393 e. The Labute approximate surface area is 295 Å². The van der Waals surface area contributed by atoms with Gasteiger partial charge in [-0.2, -0.15) is 0 Å². The third kappa shape index (κ3) is 5.45. The second-order valence-corrected chi connectivity index (χ2v) is 17.9. The van der Waals surface area contributed by atoms with Crippen LogP contribution >= 0.6 is 0 Å². The Morgan fingerprint density at radius 3 is 2.34 bits per heavy atom. The number of hydrogen-bond acceptors (Lipinski definition) is 12. The van der Waals surface area contributed by atoms with Crippen molar-refractivity contribution in [3.05, 3.63) is 11.6 Å². The molecular formula is C38H60O12. The van der Waals surface area contributed by atoms with Gasteiger partial charge in [-0.15, -0.1) is 0 Å². The van der Waals surface area contributed by atoms with Crippen LogP contribution < -0.4 is 0 Å². The van der Waals surface area contributed by atoms with E-state index in [1.807, 2.05) is 0 Å². The van der Waals surface area contributed by atoms with E-state index in [0.29, 0.717) is 48.3 Å². The fraction of sp³-hybridized carbons (Fsp3) is 0.947. The van der Waals surface area contributed by atoms with Crippen LogP contribution in [0.15, 0.2) is 11.6 Å². The van der Waals surface area contributed by atoms with Crippen LogP contribution in [0.1, 0.15) is 86.0 Å². The smallest absolute Gasteiger partial charge is 0.187 e. The van der Waals surface area contributed by atoms with Crippen LogP contribution in [0, 0.1) is 46.3 Å². The van der Waals surface area contributed by atoms with E-state index in [0.717, 1.165) is 45.1 Å². The van der Waals surface area contributed by atoms with Crippen molar-refractivity contribution in [3.8, 4) is 0 Å². The van der Waals surface area contributed by atoms with Crippen LogP contribution in [-0.2, 0) is 28.4 Å². The molecule has 0 aromatic rings. The molecule has 284 valence electrons. The van der Waals surface area contributed by atoms with Crippen LogP contribution in [-0.4, -0.2) is 123 Å². The summed E-state index contributed by atoms with van der Waals surface area (Å²) in [7, 11) is 0. The fourth-order valence-electron chi connectivity index (χ4n) is 12.4. The van der Waals surface area contributed by atoms with Crippen molar-refractivity contribution in [1.82, 2.24) is 0 Å². The molecule has 7 fully saturated rings. The quantitative estimate of drug-likeness (QED) is 0.235. The molecule has 3 saturated carbocycles. The maximum atomic E-state index is 11.1. The third-order valence-electron chi connectivity index (χ3n) is 15.2. The number of hydrogen-bond donors (Lipinski definition) is 6. The zero-order valence-corrected chi connectivity index (χ0v) is 30.2. The average molecular weight is 709 g/mol. The number of allylic oxidation sites excluding steroid dienone is 1. The van der Waals surface area contributed by atoms with Gasteiger partial charge in [0.1, 0.15) is 36.6 Å². The van der Waals surface area contributed by atoms with E-state index in [2.05, 4.69) is 33.8 Å². The summed E-state index contributed by atoms with van der Waals surface area (Å²) in [5.41, 5.74) is 0.917. The maximum absolute atomic E-state index is 11.1. The highest BCUT2D eigenvalue weighted by atomic mass is 16.8. The van der Waals surface area contributed by atoms with Gasteiger partial charge in [-0.1, -0.05) is 39.3 Å². The van der Waals surface area contributed by atoms with Gasteiger partial charge < -0.3 is 59.1 Å². The molecule has 1 spiro atoms. The first-order chi connectivity index (χ1) is 23.7. The van der Waals surface area contributed by atoms with Crippen LogP contribution in [0.25, 0.3) is 0 Å². The molecule has 12 nitrogen and oxygen atoms in total. The lowest BCUT2D eigenvalue weighted by atomic mass is 9.46. The highest BCUT2D eigenvalue weighted by Crippen LogP contribution is 2.71. The third-order valence-corrected chi connectivity index (χ3v) is 15.2. The van der Waals surface area contributed by atoms with Crippen LogP contribution in [0.3, 0.4) is 0 Å². The van der Waals surface area contributed by atoms with Crippen molar-refractivity contribution in [2.24, 2.45) is 46.3 Å². The first-order valence-electron chi connectivity index (χ1n) is 19.4. The van der Waals surface area contributed by atoms with Gasteiger partial charge in [0.15, 0.2) is 18.4 Å². The fourth-order valence-corrected chi connectivity index (χ4v) is 12.4. The topological polar surface area (TPSA) is 177 Å². The van der Waals surface area contributed by atoms with Crippen molar-refractivity contribution in [2.75, 3.05) is 13.2 Å². The molecule has 4 heterocycles. The lowest BCUT2D eigenvalue weighted by Crippen LogP contribution is -2.63. The van der Waals surface area contributed by atoms with E-state index in [4.69, 9.17) is 28.4 Å². The summed E-state index contributed by atoms with van der Waals surface area (Å²) >= 11 is 0. The molecule has 0 bridgehead atoms. The first kappa shape index (κ1) is 36.2. The average Bonchev–Trinajstić information content (AvgIpc) is 3.53. The molecule has 4 aliphatic carbocycles. The molecule has 8 aliphatic rings. The van der Waals surface area contributed by atoms with Gasteiger partial charge >= 0.3 is 0 Å². The molecule has 12 heteroatoms. The van der Waals surface area contributed by atoms with Crippen LogP contribution in [0.2, 0.25) is 0 Å². The molecule has 1 unspecified atom stereocenters. The van der Waals surface area contributed by atoms with Gasteiger partial charge in [0.25, 0.3) is 0 Å². The largest absolute Gasteiger partial charge is 0.393 e. The second kappa shape index (κ2) is 12.9. The summed E-state index contributed by atoms with van der Waals surface area (Å²) in [6.45, 7) is 11.5.